The van der Waals surface area contributed by atoms with Crippen LogP contribution in [0.5, 0.6) is 0 Å². The van der Waals surface area contributed by atoms with Gasteiger partial charge < -0.3 is 5.32 Å². The van der Waals surface area contributed by atoms with Crippen molar-refractivity contribution in [2.24, 2.45) is 5.41 Å². The molecule has 3 rings (SSSR count). The maximum absolute atomic E-state index is 3.85. The molecule has 98 valence electrons. The van der Waals surface area contributed by atoms with Gasteiger partial charge in [-0.3, -0.25) is 0 Å². The van der Waals surface area contributed by atoms with Gasteiger partial charge in [0.15, 0.2) is 0 Å². The van der Waals surface area contributed by atoms with E-state index in [9.17, 15) is 0 Å². The van der Waals surface area contributed by atoms with Gasteiger partial charge in [0.1, 0.15) is 0 Å². The van der Waals surface area contributed by atoms with E-state index < -0.39 is 0 Å². The third kappa shape index (κ3) is 1.94. The SMILES string of the molecule is Cc1cccc(NC2CCC23CCCCC3)c1C. The van der Waals surface area contributed by atoms with E-state index >= 15 is 0 Å². The van der Waals surface area contributed by atoms with Crippen LogP contribution in [0.2, 0.25) is 0 Å². The van der Waals surface area contributed by atoms with Crippen LogP contribution in [0.3, 0.4) is 0 Å². The van der Waals surface area contributed by atoms with E-state index in [1.807, 2.05) is 0 Å². The Kier molecular flexibility index (Phi) is 3.09. The summed E-state index contributed by atoms with van der Waals surface area (Å²) in [6.45, 7) is 4.45. The summed E-state index contributed by atoms with van der Waals surface area (Å²) < 4.78 is 0. The number of benzene rings is 1. The first-order valence-electron chi connectivity index (χ1n) is 7.54. The van der Waals surface area contributed by atoms with Crippen LogP contribution in [-0.2, 0) is 0 Å². The first kappa shape index (κ1) is 12.1. The summed E-state index contributed by atoms with van der Waals surface area (Å²) in [5.41, 5.74) is 4.84. The van der Waals surface area contributed by atoms with Gasteiger partial charge in [-0.2, -0.15) is 0 Å². The molecular weight excluding hydrogens is 218 g/mol. The Morgan fingerprint density at radius 2 is 1.83 bits per heavy atom. The van der Waals surface area contributed by atoms with Crippen molar-refractivity contribution in [1.82, 2.24) is 0 Å². The summed E-state index contributed by atoms with van der Waals surface area (Å²) >= 11 is 0. The predicted octanol–water partition coefficient (Wildman–Crippen LogP) is 4.83. The van der Waals surface area contributed by atoms with Crippen molar-refractivity contribution < 1.29 is 0 Å². The van der Waals surface area contributed by atoms with E-state index in [0.717, 1.165) is 6.04 Å². The summed E-state index contributed by atoms with van der Waals surface area (Å²) in [6, 6.07) is 7.37. The lowest BCUT2D eigenvalue weighted by Gasteiger charge is -2.53. The standard InChI is InChI=1S/C17H25N/c1-13-7-6-8-15(14(13)2)18-16-9-12-17(16)10-4-3-5-11-17/h6-8,16,18H,3-5,9-12H2,1-2H3. The van der Waals surface area contributed by atoms with Crippen molar-refractivity contribution in [2.45, 2.75) is 64.8 Å². The summed E-state index contributed by atoms with van der Waals surface area (Å²) in [5.74, 6) is 0. The number of anilines is 1. The quantitative estimate of drug-likeness (QED) is 0.784. The van der Waals surface area contributed by atoms with Crippen LogP contribution in [-0.4, -0.2) is 6.04 Å². The third-order valence-corrected chi connectivity index (χ3v) is 5.45. The first-order valence-corrected chi connectivity index (χ1v) is 7.54. The molecule has 1 spiro atoms. The van der Waals surface area contributed by atoms with E-state index in [1.54, 1.807) is 0 Å². The maximum Gasteiger partial charge on any atom is 0.0374 e. The molecule has 1 nitrogen and oxygen atoms in total. The highest BCUT2D eigenvalue weighted by Gasteiger charge is 2.46. The van der Waals surface area contributed by atoms with Gasteiger partial charge in [-0.05, 0) is 62.1 Å². The van der Waals surface area contributed by atoms with Gasteiger partial charge in [-0.1, -0.05) is 31.4 Å². The van der Waals surface area contributed by atoms with E-state index in [0.29, 0.717) is 5.41 Å². The number of hydrogen-bond donors (Lipinski definition) is 1. The zero-order valence-electron chi connectivity index (χ0n) is 11.8. The van der Waals surface area contributed by atoms with Crippen LogP contribution in [0.25, 0.3) is 0 Å². The van der Waals surface area contributed by atoms with Gasteiger partial charge in [0.05, 0.1) is 0 Å². The normalized spacial score (nSPS) is 25.8. The Labute approximate surface area is 111 Å². The fourth-order valence-electron chi connectivity index (χ4n) is 3.87. The highest BCUT2D eigenvalue weighted by Crippen LogP contribution is 2.52. The van der Waals surface area contributed by atoms with Crippen LogP contribution >= 0.6 is 0 Å². The molecule has 1 unspecified atom stereocenters. The first-order chi connectivity index (χ1) is 8.71. The summed E-state index contributed by atoms with van der Waals surface area (Å²) in [4.78, 5) is 0. The van der Waals surface area contributed by atoms with Crippen LogP contribution in [0.4, 0.5) is 5.69 Å². The Morgan fingerprint density at radius 1 is 1.06 bits per heavy atom. The Bertz CT molecular complexity index is 429. The molecule has 1 heteroatoms. The van der Waals surface area contributed by atoms with Crippen molar-refractivity contribution in [1.29, 1.82) is 0 Å². The second kappa shape index (κ2) is 4.60. The summed E-state index contributed by atoms with van der Waals surface area (Å²) in [6.07, 6.45) is 10.1. The van der Waals surface area contributed by atoms with Gasteiger partial charge in [0.25, 0.3) is 0 Å². The van der Waals surface area contributed by atoms with Gasteiger partial charge in [-0.15, -0.1) is 0 Å². The maximum atomic E-state index is 3.85. The largest absolute Gasteiger partial charge is 0.382 e. The minimum Gasteiger partial charge on any atom is -0.382 e. The predicted molar refractivity (Wildman–Crippen MR) is 78.1 cm³/mol. The molecular formula is C17H25N. The monoisotopic (exact) mass is 243 g/mol. The summed E-state index contributed by atoms with van der Waals surface area (Å²) in [5, 5.41) is 3.85. The average molecular weight is 243 g/mol. The van der Waals surface area contributed by atoms with Crippen LogP contribution in [0, 0.1) is 19.3 Å². The van der Waals surface area contributed by atoms with Crippen molar-refractivity contribution in [3.63, 3.8) is 0 Å². The third-order valence-electron chi connectivity index (χ3n) is 5.45. The molecule has 2 fully saturated rings. The molecule has 0 heterocycles. The van der Waals surface area contributed by atoms with Crippen LogP contribution < -0.4 is 5.32 Å². The Morgan fingerprint density at radius 3 is 2.50 bits per heavy atom. The molecule has 0 amide bonds. The van der Waals surface area contributed by atoms with Crippen molar-refractivity contribution in [2.75, 3.05) is 5.32 Å². The Hall–Kier alpha value is -0.980. The topological polar surface area (TPSA) is 12.0 Å². The van der Waals surface area contributed by atoms with Crippen molar-refractivity contribution in [3.05, 3.63) is 29.3 Å². The average Bonchev–Trinajstić information content (AvgIpc) is 2.40. The zero-order valence-corrected chi connectivity index (χ0v) is 11.8. The highest BCUT2D eigenvalue weighted by atomic mass is 15.0. The van der Waals surface area contributed by atoms with E-state index in [1.165, 1.54) is 61.8 Å². The smallest absolute Gasteiger partial charge is 0.0374 e. The fourth-order valence-corrected chi connectivity index (χ4v) is 3.87. The van der Waals surface area contributed by atoms with E-state index in [-0.39, 0.29) is 0 Å². The molecule has 0 aliphatic heterocycles. The minimum atomic E-state index is 0.647. The second-order valence-corrected chi connectivity index (χ2v) is 6.41. The minimum absolute atomic E-state index is 0.647. The molecule has 1 atom stereocenters. The van der Waals surface area contributed by atoms with Crippen LogP contribution in [0.15, 0.2) is 18.2 Å². The van der Waals surface area contributed by atoms with Gasteiger partial charge in [-0.25, -0.2) is 0 Å². The molecule has 2 aliphatic rings. The van der Waals surface area contributed by atoms with Gasteiger partial charge >= 0.3 is 0 Å². The number of rotatable bonds is 2. The van der Waals surface area contributed by atoms with Crippen molar-refractivity contribution in [3.8, 4) is 0 Å². The molecule has 0 bridgehead atoms. The van der Waals surface area contributed by atoms with E-state index in [2.05, 4.69) is 37.4 Å². The number of hydrogen-bond acceptors (Lipinski definition) is 1. The molecule has 1 N–H and O–H groups in total. The number of nitrogens with one attached hydrogen (secondary N) is 1. The molecule has 2 aliphatic carbocycles. The summed E-state index contributed by atoms with van der Waals surface area (Å²) in [7, 11) is 0. The lowest BCUT2D eigenvalue weighted by atomic mass is 9.57. The lowest BCUT2D eigenvalue weighted by molar-refractivity contribution is 0.0571. The van der Waals surface area contributed by atoms with Crippen LogP contribution in [0.1, 0.15) is 56.1 Å². The fraction of sp³-hybridized carbons (Fsp3) is 0.647. The zero-order chi connectivity index (χ0) is 12.6. The highest BCUT2D eigenvalue weighted by molar-refractivity contribution is 5.55. The van der Waals surface area contributed by atoms with Gasteiger partial charge in [0, 0.05) is 11.7 Å². The molecule has 0 aromatic heterocycles. The Balaban J connectivity index is 1.75. The molecule has 0 radical (unpaired) electrons. The molecule has 1 aromatic rings. The van der Waals surface area contributed by atoms with E-state index in [4.69, 9.17) is 0 Å². The molecule has 2 saturated carbocycles. The van der Waals surface area contributed by atoms with Gasteiger partial charge in [0.2, 0.25) is 0 Å². The molecule has 18 heavy (non-hydrogen) atoms. The molecule has 0 saturated heterocycles. The lowest BCUT2D eigenvalue weighted by Crippen LogP contribution is -2.50. The molecule has 1 aromatic carbocycles. The number of aryl methyl sites for hydroxylation is 1. The second-order valence-electron chi connectivity index (χ2n) is 6.41. The van der Waals surface area contributed by atoms with Crippen molar-refractivity contribution >= 4 is 5.69 Å².